The lowest BCUT2D eigenvalue weighted by molar-refractivity contribution is -0.145. The third-order valence-electron chi connectivity index (χ3n) is 7.54. The molecule has 0 spiro atoms. The third-order valence-corrected chi connectivity index (χ3v) is 7.54. The van der Waals surface area contributed by atoms with E-state index >= 15 is 0 Å². The number of phenols is 5. The van der Waals surface area contributed by atoms with Gasteiger partial charge in [0.1, 0.15) is 11.5 Å². The van der Waals surface area contributed by atoms with Crippen molar-refractivity contribution in [2.24, 2.45) is 0 Å². The van der Waals surface area contributed by atoms with Gasteiger partial charge in [-0.1, -0.05) is 39.8 Å². The van der Waals surface area contributed by atoms with Gasteiger partial charge in [-0.15, -0.1) is 0 Å². The van der Waals surface area contributed by atoms with Gasteiger partial charge in [0.2, 0.25) is 0 Å². The molecule has 0 saturated carbocycles. The van der Waals surface area contributed by atoms with Gasteiger partial charge in [0.25, 0.3) is 0 Å². The van der Waals surface area contributed by atoms with E-state index in [1.165, 1.54) is 6.07 Å². The summed E-state index contributed by atoms with van der Waals surface area (Å²) < 4.78 is 10.6. The fourth-order valence-electron chi connectivity index (χ4n) is 5.82. The smallest absolute Gasteiger partial charge is 0.344 e. The van der Waals surface area contributed by atoms with E-state index < -0.39 is 24.1 Å². The summed E-state index contributed by atoms with van der Waals surface area (Å²) in [6.07, 6.45) is 0.373. The summed E-state index contributed by atoms with van der Waals surface area (Å²) >= 11 is 0. The molecule has 9 heteroatoms. The summed E-state index contributed by atoms with van der Waals surface area (Å²) in [7, 11) is 0. The van der Waals surface area contributed by atoms with Gasteiger partial charge >= 0.3 is 5.97 Å². The molecule has 0 amide bonds. The number of phenolic OH excluding ortho intramolecular Hbond substituents is 5. The van der Waals surface area contributed by atoms with Crippen molar-refractivity contribution in [1.29, 1.82) is 0 Å². The molecule has 0 saturated heterocycles. The Morgan fingerprint density at radius 1 is 0.786 bits per heavy atom. The lowest BCUT2D eigenvalue weighted by atomic mass is 9.84. The molecule has 4 aromatic rings. The van der Waals surface area contributed by atoms with Gasteiger partial charge in [0, 0.05) is 33.0 Å². The van der Waals surface area contributed by atoms with Gasteiger partial charge in [0.15, 0.2) is 35.9 Å². The summed E-state index contributed by atoms with van der Waals surface area (Å²) in [4.78, 5) is 24.0. The molecule has 0 heterocycles. The monoisotopic (exact) mass is 576 g/mol. The average Bonchev–Trinajstić information content (AvgIpc) is 2.90. The Bertz CT molecular complexity index is 1750. The normalized spacial score (nSPS) is 11.5. The number of carbonyl (C=O) groups is 2. The van der Waals surface area contributed by atoms with Crippen molar-refractivity contribution in [2.75, 3.05) is 13.2 Å². The molecule has 0 radical (unpaired) electrons. The van der Waals surface area contributed by atoms with E-state index in [9.17, 15) is 35.1 Å². The summed E-state index contributed by atoms with van der Waals surface area (Å²) in [5.74, 6) is -2.82. The molecule has 0 fully saturated rings. The molecule has 0 bridgehead atoms. The van der Waals surface area contributed by atoms with Crippen LogP contribution in [-0.2, 0) is 9.53 Å². The Hall–Kier alpha value is -4.66. The topological polar surface area (TPSA) is 154 Å². The molecule has 0 aliphatic rings. The highest BCUT2D eigenvalue weighted by Gasteiger charge is 2.28. The van der Waals surface area contributed by atoms with Crippen molar-refractivity contribution in [1.82, 2.24) is 0 Å². The molecule has 0 unspecified atom stereocenters. The molecular weight excluding hydrogens is 540 g/mol. The van der Waals surface area contributed by atoms with E-state index in [1.54, 1.807) is 32.9 Å². The molecule has 4 rings (SSSR count). The van der Waals surface area contributed by atoms with Crippen LogP contribution < -0.4 is 4.74 Å². The van der Waals surface area contributed by atoms with Crippen LogP contribution in [0.5, 0.6) is 34.5 Å². The molecule has 42 heavy (non-hydrogen) atoms. The minimum atomic E-state index is -0.632. The summed E-state index contributed by atoms with van der Waals surface area (Å²) in [6.45, 7) is 12.4. The van der Waals surface area contributed by atoms with Gasteiger partial charge in [-0.2, -0.15) is 0 Å². The van der Waals surface area contributed by atoms with Gasteiger partial charge in [0.05, 0.1) is 12.2 Å². The second kappa shape index (κ2) is 11.3. The maximum absolute atomic E-state index is 12.1. The lowest BCUT2D eigenvalue weighted by Gasteiger charge is -2.23. The lowest BCUT2D eigenvalue weighted by Crippen LogP contribution is -2.15. The van der Waals surface area contributed by atoms with Crippen molar-refractivity contribution in [3.8, 4) is 45.6 Å². The van der Waals surface area contributed by atoms with Crippen LogP contribution >= 0.6 is 0 Å². The van der Waals surface area contributed by atoms with E-state index in [4.69, 9.17) is 9.47 Å². The standard InChI is InChI=1S/C33H36O9/c1-8-41-23(36)13-42-33-22(35)11-19-18(25(33)15(4)5)9-16(6)26(29(19)37)27-17(7)10-20-24(14(2)3)32(40)30(38)21(12-34)28(20)31(27)39/h9-12,14-15,35,37-40H,8,13H2,1-7H3. The number of ether oxygens (including phenoxy) is 2. The fraction of sp³-hybridized carbons (Fsp3) is 0.333. The number of fused-ring (bicyclic) bond motifs is 2. The largest absolute Gasteiger partial charge is 0.507 e. The maximum Gasteiger partial charge on any atom is 0.344 e. The molecule has 5 N–H and O–H groups in total. The number of aryl methyl sites for hydroxylation is 2. The van der Waals surface area contributed by atoms with Crippen LogP contribution in [-0.4, -0.2) is 51.0 Å². The minimum Gasteiger partial charge on any atom is -0.507 e. The highest BCUT2D eigenvalue weighted by Crippen LogP contribution is 2.53. The minimum absolute atomic E-state index is 0.0527. The zero-order valence-electron chi connectivity index (χ0n) is 24.7. The van der Waals surface area contributed by atoms with Crippen LogP contribution in [0.15, 0.2) is 18.2 Å². The quantitative estimate of drug-likeness (QED) is 0.0865. The Morgan fingerprint density at radius 2 is 1.36 bits per heavy atom. The van der Waals surface area contributed by atoms with E-state index in [1.807, 2.05) is 27.7 Å². The second-order valence-corrected chi connectivity index (χ2v) is 11.0. The van der Waals surface area contributed by atoms with Crippen molar-refractivity contribution < 1.29 is 44.6 Å². The summed E-state index contributed by atoms with van der Waals surface area (Å²) in [6, 6.07) is 4.84. The highest BCUT2D eigenvalue weighted by atomic mass is 16.6. The van der Waals surface area contributed by atoms with Gasteiger partial charge < -0.3 is 35.0 Å². The predicted octanol–water partition coefficient (Wildman–Crippen LogP) is 6.81. The van der Waals surface area contributed by atoms with E-state index in [0.717, 1.165) is 0 Å². The van der Waals surface area contributed by atoms with Crippen LogP contribution in [0.4, 0.5) is 0 Å². The number of esters is 1. The van der Waals surface area contributed by atoms with Crippen LogP contribution in [0.3, 0.4) is 0 Å². The molecule has 0 atom stereocenters. The second-order valence-electron chi connectivity index (χ2n) is 11.0. The van der Waals surface area contributed by atoms with E-state index in [-0.39, 0.29) is 68.9 Å². The zero-order valence-corrected chi connectivity index (χ0v) is 24.7. The van der Waals surface area contributed by atoms with Crippen LogP contribution in [0.1, 0.15) is 79.1 Å². The van der Waals surface area contributed by atoms with Gasteiger partial charge in [-0.05, 0) is 60.6 Å². The number of hydrogen-bond acceptors (Lipinski definition) is 9. The third kappa shape index (κ3) is 4.78. The van der Waals surface area contributed by atoms with Crippen molar-refractivity contribution >= 4 is 33.8 Å². The molecule has 0 aliphatic carbocycles. The number of carbonyl (C=O) groups excluding carboxylic acids is 2. The molecule has 0 aliphatic heterocycles. The molecular formula is C33H36O9. The first-order valence-corrected chi connectivity index (χ1v) is 13.8. The summed E-state index contributed by atoms with van der Waals surface area (Å²) in [5, 5.41) is 57.0. The number of rotatable bonds is 8. The fourth-order valence-corrected chi connectivity index (χ4v) is 5.82. The molecule has 0 aromatic heterocycles. The van der Waals surface area contributed by atoms with Gasteiger partial charge in [-0.3, -0.25) is 4.79 Å². The zero-order chi connectivity index (χ0) is 31.2. The SMILES string of the molecule is CCOC(=O)COc1c(O)cc2c(O)c(-c3c(C)cc4c(C(C)C)c(O)c(O)c(C=O)c4c3O)c(C)cc2c1C(C)C. The van der Waals surface area contributed by atoms with E-state index in [0.29, 0.717) is 39.3 Å². The predicted molar refractivity (Wildman–Crippen MR) is 160 cm³/mol. The highest BCUT2D eigenvalue weighted by molar-refractivity contribution is 6.12. The molecule has 222 valence electrons. The van der Waals surface area contributed by atoms with Crippen LogP contribution in [0.2, 0.25) is 0 Å². The van der Waals surface area contributed by atoms with Crippen molar-refractivity contribution in [3.63, 3.8) is 0 Å². The number of aldehydes is 1. The van der Waals surface area contributed by atoms with Gasteiger partial charge in [-0.25, -0.2) is 4.79 Å². The first kappa shape index (κ1) is 30.3. The Morgan fingerprint density at radius 3 is 1.90 bits per heavy atom. The Kier molecular flexibility index (Phi) is 8.16. The number of aromatic hydroxyl groups is 5. The first-order chi connectivity index (χ1) is 19.8. The first-order valence-electron chi connectivity index (χ1n) is 13.8. The maximum atomic E-state index is 12.1. The summed E-state index contributed by atoms with van der Waals surface area (Å²) in [5.41, 5.74) is 2.29. The molecule has 9 nitrogen and oxygen atoms in total. The van der Waals surface area contributed by atoms with E-state index in [2.05, 4.69) is 0 Å². The van der Waals surface area contributed by atoms with Crippen LogP contribution in [0, 0.1) is 13.8 Å². The Labute approximate surface area is 243 Å². The van der Waals surface area contributed by atoms with Crippen molar-refractivity contribution in [2.45, 2.75) is 60.3 Å². The van der Waals surface area contributed by atoms with Crippen molar-refractivity contribution in [3.05, 3.63) is 46.0 Å². The Balaban J connectivity index is 2.07. The number of benzene rings is 4. The average molecular weight is 577 g/mol. The number of hydrogen-bond donors (Lipinski definition) is 5. The molecule has 4 aromatic carbocycles. The van der Waals surface area contributed by atoms with Crippen LogP contribution in [0.25, 0.3) is 32.7 Å².